The van der Waals surface area contributed by atoms with Crippen molar-refractivity contribution in [2.45, 2.75) is 19.4 Å². The highest BCUT2D eigenvalue weighted by Crippen LogP contribution is 2.17. The minimum absolute atomic E-state index is 0.0716. The van der Waals surface area contributed by atoms with Crippen molar-refractivity contribution < 1.29 is 0 Å². The van der Waals surface area contributed by atoms with E-state index in [9.17, 15) is 0 Å². The molecule has 0 radical (unpaired) electrons. The van der Waals surface area contributed by atoms with Crippen LogP contribution in [0, 0.1) is 11.3 Å². The van der Waals surface area contributed by atoms with Crippen LogP contribution < -0.4 is 5.73 Å². The van der Waals surface area contributed by atoms with Gasteiger partial charge in [-0.3, -0.25) is 4.57 Å². The topological polar surface area (TPSA) is 67.6 Å². The van der Waals surface area contributed by atoms with Gasteiger partial charge >= 0.3 is 0 Å². The van der Waals surface area contributed by atoms with Crippen molar-refractivity contribution >= 4 is 0 Å². The largest absolute Gasteiger partial charge is 0.324 e. The molecule has 0 spiro atoms. The smallest absolute Gasteiger partial charge is 0.217 e. The van der Waals surface area contributed by atoms with Crippen LogP contribution in [0.15, 0.2) is 36.7 Å². The standard InChI is InChI=1S/C13H14N4/c1-2-12(15)10-3-5-11(6-4-10)17-8-7-16-13(17)9-14/h3-8,12H,2,15H2,1H3. The predicted octanol–water partition coefficient (Wildman–Crippen LogP) is 2.15. The fraction of sp³-hybridized carbons (Fsp3) is 0.231. The summed E-state index contributed by atoms with van der Waals surface area (Å²) < 4.78 is 1.75. The molecular formula is C13H14N4. The lowest BCUT2D eigenvalue weighted by Crippen LogP contribution is -2.08. The molecule has 4 heteroatoms. The molecule has 0 aliphatic heterocycles. The van der Waals surface area contributed by atoms with E-state index < -0.39 is 0 Å². The van der Waals surface area contributed by atoms with Gasteiger partial charge in [0.1, 0.15) is 6.07 Å². The second kappa shape index (κ2) is 4.81. The molecule has 4 nitrogen and oxygen atoms in total. The van der Waals surface area contributed by atoms with Crippen LogP contribution in [0.2, 0.25) is 0 Å². The summed E-state index contributed by atoms with van der Waals surface area (Å²) >= 11 is 0. The van der Waals surface area contributed by atoms with Crippen LogP contribution in [-0.4, -0.2) is 9.55 Å². The molecule has 17 heavy (non-hydrogen) atoms. The number of nitrogens with two attached hydrogens (primary N) is 1. The number of hydrogen-bond donors (Lipinski definition) is 1. The molecule has 2 N–H and O–H groups in total. The van der Waals surface area contributed by atoms with Crippen LogP contribution in [0.25, 0.3) is 5.69 Å². The van der Waals surface area contributed by atoms with Gasteiger partial charge in [0.05, 0.1) is 0 Å². The van der Waals surface area contributed by atoms with Gasteiger partial charge in [-0.2, -0.15) is 5.26 Å². The molecule has 0 aliphatic rings. The number of rotatable bonds is 3. The summed E-state index contributed by atoms with van der Waals surface area (Å²) in [6.45, 7) is 2.06. The molecule has 1 aromatic heterocycles. The Hall–Kier alpha value is -2.12. The van der Waals surface area contributed by atoms with E-state index in [4.69, 9.17) is 11.0 Å². The van der Waals surface area contributed by atoms with Crippen molar-refractivity contribution in [1.82, 2.24) is 9.55 Å². The zero-order chi connectivity index (χ0) is 12.3. The summed E-state index contributed by atoms with van der Waals surface area (Å²) in [7, 11) is 0. The average Bonchev–Trinajstić information content (AvgIpc) is 2.86. The molecule has 0 saturated carbocycles. The first-order chi connectivity index (χ1) is 8.26. The van der Waals surface area contributed by atoms with Gasteiger partial charge in [0.25, 0.3) is 0 Å². The van der Waals surface area contributed by atoms with Crippen LogP contribution in [0.1, 0.15) is 30.8 Å². The van der Waals surface area contributed by atoms with E-state index in [0.717, 1.165) is 17.7 Å². The third kappa shape index (κ3) is 2.19. The van der Waals surface area contributed by atoms with Crippen LogP contribution in [-0.2, 0) is 0 Å². The normalized spacial score (nSPS) is 12.1. The van der Waals surface area contributed by atoms with Gasteiger partial charge in [0.2, 0.25) is 5.82 Å². The molecule has 2 rings (SSSR count). The van der Waals surface area contributed by atoms with Gasteiger partial charge in [-0.05, 0) is 24.1 Å². The van der Waals surface area contributed by atoms with Crippen molar-refractivity contribution in [2.75, 3.05) is 0 Å². The molecule has 0 amide bonds. The fourth-order valence-corrected chi connectivity index (χ4v) is 1.71. The van der Waals surface area contributed by atoms with Crippen LogP contribution in [0.5, 0.6) is 0 Å². The maximum Gasteiger partial charge on any atom is 0.217 e. The van der Waals surface area contributed by atoms with Crippen molar-refractivity contribution in [2.24, 2.45) is 5.73 Å². The van der Waals surface area contributed by atoms with E-state index in [2.05, 4.69) is 11.9 Å². The SMILES string of the molecule is CCC(N)c1ccc(-n2ccnc2C#N)cc1. The van der Waals surface area contributed by atoms with Gasteiger partial charge in [-0.1, -0.05) is 19.1 Å². The molecule has 86 valence electrons. The van der Waals surface area contributed by atoms with Crippen LogP contribution in [0.4, 0.5) is 0 Å². The Morgan fingerprint density at radius 3 is 2.71 bits per heavy atom. The molecule has 0 aliphatic carbocycles. The van der Waals surface area contributed by atoms with E-state index in [1.54, 1.807) is 17.0 Å². The van der Waals surface area contributed by atoms with Crippen molar-refractivity contribution in [1.29, 1.82) is 5.26 Å². The van der Waals surface area contributed by atoms with Gasteiger partial charge < -0.3 is 5.73 Å². The summed E-state index contributed by atoms with van der Waals surface area (Å²) in [5, 5.41) is 8.90. The first-order valence-corrected chi connectivity index (χ1v) is 5.55. The van der Waals surface area contributed by atoms with Crippen molar-refractivity contribution in [3.63, 3.8) is 0 Å². The second-order valence-corrected chi connectivity index (χ2v) is 3.84. The third-order valence-corrected chi connectivity index (χ3v) is 2.78. The van der Waals surface area contributed by atoms with E-state index in [1.165, 1.54) is 0 Å². The first kappa shape index (κ1) is 11.4. The average molecular weight is 226 g/mol. The van der Waals surface area contributed by atoms with Gasteiger partial charge in [-0.15, -0.1) is 0 Å². The second-order valence-electron chi connectivity index (χ2n) is 3.84. The van der Waals surface area contributed by atoms with Crippen LogP contribution in [0.3, 0.4) is 0 Å². The Balaban J connectivity index is 2.33. The van der Waals surface area contributed by atoms with Crippen molar-refractivity contribution in [3.05, 3.63) is 48.0 Å². The summed E-state index contributed by atoms with van der Waals surface area (Å²) in [4.78, 5) is 3.96. The zero-order valence-corrected chi connectivity index (χ0v) is 9.67. The Morgan fingerprint density at radius 2 is 2.12 bits per heavy atom. The lowest BCUT2D eigenvalue weighted by molar-refractivity contribution is 0.698. The highest BCUT2D eigenvalue weighted by Gasteiger charge is 2.06. The van der Waals surface area contributed by atoms with E-state index in [0.29, 0.717) is 5.82 Å². The molecule has 1 atom stereocenters. The quantitative estimate of drug-likeness (QED) is 0.871. The maximum atomic E-state index is 8.90. The molecule has 1 aromatic carbocycles. The van der Waals surface area contributed by atoms with Gasteiger partial charge in [0.15, 0.2) is 0 Å². The number of benzene rings is 1. The summed E-state index contributed by atoms with van der Waals surface area (Å²) in [5.41, 5.74) is 7.98. The Morgan fingerprint density at radius 1 is 1.41 bits per heavy atom. The molecule has 0 fully saturated rings. The predicted molar refractivity (Wildman–Crippen MR) is 65.5 cm³/mol. The zero-order valence-electron chi connectivity index (χ0n) is 9.67. The number of hydrogen-bond acceptors (Lipinski definition) is 3. The Kier molecular flexibility index (Phi) is 3.22. The lowest BCUT2D eigenvalue weighted by Gasteiger charge is -2.10. The van der Waals surface area contributed by atoms with E-state index in [-0.39, 0.29) is 6.04 Å². The van der Waals surface area contributed by atoms with Crippen molar-refractivity contribution in [3.8, 4) is 11.8 Å². The highest BCUT2D eigenvalue weighted by atomic mass is 15.1. The first-order valence-electron chi connectivity index (χ1n) is 5.55. The summed E-state index contributed by atoms with van der Waals surface area (Å²) in [6.07, 6.45) is 4.30. The van der Waals surface area contributed by atoms with E-state index in [1.807, 2.05) is 30.3 Å². The monoisotopic (exact) mass is 226 g/mol. The van der Waals surface area contributed by atoms with Gasteiger partial charge in [-0.25, -0.2) is 4.98 Å². The van der Waals surface area contributed by atoms with E-state index >= 15 is 0 Å². The fourth-order valence-electron chi connectivity index (χ4n) is 1.71. The third-order valence-electron chi connectivity index (χ3n) is 2.78. The van der Waals surface area contributed by atoms with Crippen LogP contribution >= 0.6 is 0 Å². The highest BCUT2D eigenvalue weighted by molar-refractivity contribution is 5.38. The number of nitrogens with zero attached hydrogens (tertiary/aromatic N) is 3. The van der Waals surface area contributed by atoms with Gasteiger partial charge in [0, 0.05) is 24.1 Å². The molecule has 0 bridgehead atoms. The molecule has 1 heterocycles. The number of nitriles is 1. The molecule has 1 unspecified atom stereocenters. The number of aromatic nitrogens is 2. The minimum atomic E-state index is 0.0716. The summed E-state index contributed by atoms with van der Waals surface area (Å²) in [6, 6.07) is 10.0. The Bertz CT molecular complexity index is 533. The Labute approximate surface area is 100 Å². The maximum absolute atomic E-state index is 8.90. The lowest BCUT2D eigenvalue weighted by atomic mass is 10.1. The minimum Gasteiger partial charge on any atom is -0.324 e. The molecule has 0 saturated heterocycles. The number of imidazole rings is 1. The molecular weight excluding hydrogens is 212 g/mol. The molecule has 2 aromatic rings. The summed E-state index contributed by atoms with van der Waals surface area (Å²) in [5.74, 6) is 0.387.